The van der Waals surface area contributed by atoms with Gasteiger partial charge in [0, 0.05) is 24.8 Å². The molecule has 29 heavy (non-hydrogen) atoms. The van der Waals surface area contributed by atoms with Crippen molar-refractivity contribution in [1.82, 2.24) is 4.31 Å². The predicted octanol–water partition coefficient (Wildman–Crippen LogP) is 2.75. The van der Waals surface area contributed by atoms with Crippen LogP contribution >= 0.6 is 0 Å². The molecule has 9 heteroatoms. The lowest BCUT2D eigenvalue weighted by molar-refractivity contribution is 0.102. The summed E-state index contributed by atoms with van der Waals surface area (Å²) in [5.74, 6) is 0.937. The highest BCUT2D eigenvalue weighted by Gasteiger charge is 2.24. The van der Waals surface area contributed by atoms with Crippen LogP contribution in [0.1, 0.15) is 24.2 Å². The maximum atomic E-state index is 12.9. The van der Waals surface area contributed by atoms with Crippen molar-refractivity contribution in [3.05, 3.63) is 42.0 Å². The molecule has 0 radical (unpaired) electrons. The molecule has 3 rings (SSSR count). The first-order valence-electron chi connectivity index (χ1n) is 9.29. The molecule has 2 aromatic rings. The molecule has 0 saturated carbocycles. The Labute approximate surface area is 170 Å². The van der Waals surface area contributed by atoms with E-state index in [9.17, 15) is 13.2 Å². The summed E-state index contributed by atoms with van der Waals surface area (Å²) in [5, 5.41) is 2.76. The van der Waals surface area contributed by atoms with Crippen molar-refractivity contribution in [1.29, 1.82) is 0 Å². The molecule has 0 atom stereocenters. The van der Waals surface area contributed by atoms with Crippen LogP contribution < -0.4 is 19.5 Å². The molecule has 0 saturated heterocycles. The zero-order valence-electron chi connectivity index (χ0n) is 16.6. The van der Waals surface area contributed by atoms with Crippen molar-refractivity contribution in [2.45, 2.75) is 18.7 Å². The topological polar surface area (TPSA) is 94.2 Å². The van der Waals surface area contributed by atoms with E-state index in [1.54, 1.807) is 32.0 Å². The number of amides is 1. The number of nitrogens with zero attached hydrogens (tertiary/aromatic N) is 1. The molecule has 0 spiro atoms. The Morgan fingerprint density at radius 2 is 1.76 bits per heavy atom. The summed E-state index contributed by atoms with van der Waals surface area (Å²) in [6, 6.07) is 9.31. The van der Waals surface area contributed by atoms with E-state index >= 15 is 0 Å². The average molecular weight is 420 g/mol. The third-order valence-electron chi connectivity index (χ3n) is 4.56. The fourth-order valence-electron chi connectivity index (χ4n) is 3.06. The Balaban J connectivity index is 1.91. The first kappa shape index (κ1) is 20.9. The van der Waals surface area contributed by atoms with Crippen molar-refractivity contribution in [2.24, 2.45) is 0 Å². The number of benzene rings is 2. The molecule has 1 N–H and O–H groups in total. The molecular formula is C20H24N2O6S. The summed E-state index contributed by atoms with van der Waals surface area (Å²) in [7, 11) is -2.28. The third-order valence-corrected chi connectivity index (χ3v) is 6.60. The molecule has 0 aliphatic carbocycles. The number of carbonyl (C=O) groups excluding carboxylic acids is 1. The fraction of sp³-hybridized carbons (Fsp3) is 0.350. The van der Waals surface area contributed by atoms with E-state index in [1.807, 2.05) is 0 Å². The monoisotopic (exact) mass is 420 g/mol. The van der Waals surface area contributed by atoms with E-state index in [4.69, 9.17) is 14.2 Å². The molecule has 2 aromatic carbocycles. The predicted molar refractivity (Wildman–Crippen MR) is 108 cm³/mol. The Kier molecular flexibility index (Phi) is 6.29. The minimum Gasteiger partial charge on any atom is -0.496 e. The number of fused-ring (bicyclic) bond motifs is 1. The lowest BCUT2D eigenvalue weighted by Crippen LogP contribution is -2.30. The Morgan fingerprint density at radius 1 is 1.07 bits per heavy atom. The van der Waals surface area contributed by atoms with Crippen LogP contribution in [0.2, 0.25) is 0 Å². The summed E-state index contributed by atoms with van der Waals surface area (Å²) in [4.78, 5) is 12.9. The summed E-state index contributed by atoms with van der Waals surface area (Å²) in [5.41, 5.74) is 0.619. The normalized spacial score (nSPS) is 13.2. The van der Waals surface area contributed by atoms with Crippen LogP contribution in [0, 0.1) is 0 Å². The zero-order valence-corrected chi connectivity index (χ0v) is 17.4. The van der Waals surface area contributed by atoms with Crippen LogP contribution in [-0.2, 0) is 10.0 Å². The van der Waals surface area contributed by atoms with Gasteiger partial charge in [-0.3, -0.25) is 4.79 Å². The van der Waals surface area contributed by atoms with Gasteiger partial charge in [0.25, 0.3) is 5.91 Å². The average Bonchev–Trinajstić information content (AvgIpc) is 2.73. The Bertz CT molecular complexity index is 1000. The second-order valence-corrected chi connectivity index (χ2v) is 8.20. The molecule has 0 aromatic heterocycles. The van der Waals surface area contributed by atoms with Crippen molar-refractivity contribution in [3.8, 4) is 17.2 Å². The first-order valence-corrected chi connectivity index (χ1v) is 10.7. The second kappa shape index (κ2) is 8.71. The van der Waals surface area contributed by atoms with E-state index < -0.39 is 15.9 Å². The highest BCUT2D eigenvalue weighted by Crippen LogP contribution is 2.33. The van der Waals surface area contributed by atoms with Crippen LogP contribution in [0.25, 0.3) is 0 Å². The van der Waals surface area contributed by atoms with E-state index in [1.165, 1.54) is 29.6 Å². The molecule has 1 aliphatic rings. The molecule has 1 heterocycles. The van der Waals surface area contributed by atoms with Gasteiger partial charge in [-0.25, -0.2) is 8.42 Å². The maximum absolute atomic E-state index is 12.9. The summed E-state index contributed by atoms with van der Waals surface area (Å²) >= 11 is 0. The summed E-state index contributed by atoms with van der Waals surface area (Å²) < 4.78 is 43.2. The van der Waals surface area contributed by atoms with Crippen LogP contribution in [0.3, 0.4) is 0 Å². The molecule has 156 valence electrons. The molecule has 0 fully saturated rings. The largest absolute Gasteiger partial charge is 0.496 e. The van der Waals surface area contributed by atoms with Gasteiger partial charge in [-0.15, -0.1) is 0 Å². The molecule has 0 unspecified atom stereocenters. The molecular weight excluding hydrogens is 396 g/mol. The molecule has 0 bridgehead atoms. The fourth-order valence-corrected chi connectivity index (χ4v) is 4.54. The Hall–Kier alpha value is -2.78. The van der Waals surface area contributed by atoms with Gasteiger partial charge in [0.1, 0.15) is 19.0 Å². The second-order valence-electron chi connectivity index (χ2n) is 6.26. The van der Waals surface area contributed by atoms with Crippen LogP contribution in [-0.4, -0.2) is 52.0 Å². The first-order chi connectivity index (χ1) is 13.9. The van der Waals surface area contributed by atoms with Gasteiger partial charge in [-0.1, -0.05) is 13.8 Å². The molecule has 1 aliphatic heterocycles. The van der Waals surface area contributed by atoms with E-state index in [2.05, 4.69) is 5.32 Å². The van der Waals surface area contributed by atoms with Gasteiger partial charge < -0.3 is 19.5 Å². The van der Waals surface area contributed by atoms with E-state index in [-0.39, 0.29) is 16.2 Å². The third kappa shape index (κ3) is 4.30. The van der Waals surface area contributed by atoms with Crippen LogP contribution in [0.5, 0.6) is 17.2 Å². The quantitative estimate of drug-likeness (QED) is 0.740. The highest BCUT2D eigenvalue weighted by molar-refractivity contribution is 7.89. The number of nitrogens with one attached hydrogen (secondary N) is 1. The smallest absolute Gasteiger partial charge is 0.259 e. The van der Waals surface area contributed by atoms with E-state index in [0.29, 0.717) is 43.5 Å². The minimum atomic E-state index is -3.71. The number of carbonyl (C=O) groups is 1. The highest BCUT2D eigenvalue weighted by atomic mass is 32.2. The van der Waals surface area contributed by atoms with Gasteiger partial charge in [-0.2, -0.15) is 4.31 Å². The van der Waals surface area contributed by atoms with Gasteiger partial charge in [0.2, 0.25) is 10.0 Å². The number of rotatable bonds is 7. The van der Waals surface area contributed by atoms with Gasteiger partial charge in [-0.05, 0) is 30.3 Å². The van der Waals surface area contributed by atoms with Crippen molar-refractivity contribution < 1.29 is 27.4 Å². The summed E-state index contributed by atoms with van der Waals surface area (Å²) in [6.45, 7) is 5.11. The number of hydrogen-bond donors (Lipinski definition) is 1. The van der Waals surface area contributed by atoms with Gasteiger partial charge >= 0.3 is 0 Å². The van der Waals surface area contributed by atoms with Crippen LogP contribution in [0.15, 0.2) is 41.3 Å². The number of anilines is 1. The van der Waals surface area contributed by atoms with Crippen molar-refractivity contribution in [2.75, 3.05) is 38.7 Å². The van der Waals surface area contributed by atoms with Gasteiger partial charge in [0.15, 0.2) is 11.5 Å². The van der Waals surface area contributed by atoms with Crippen molar-refractivity contribution >= 4 is 21.6 Å². The number of methoxy groups -OCH3 is 1. The standard InChI is InChI=1S/C20H24N2O6S/c1-4-22(5-2)29(24,25)15-7-9-17(26-3)16(13-15)20(23)21-14-6-8-18-19(12-14)28-11-10-27-18/h6-9,12-13H,4-5,10-11H2,1-3H3,(H,21,23). The van der Waals surface area contributed by atoms with Crippen molar-refractivity contribution in [3.63, 3.8) is 0 Å². The van der Waals surface area contributed by atoms with Crippen LogP contribution in [0.4, 0.5) is 5.69 Å². The Morgan fingerprint density at radius 3 is 2.41 bits per heavy atom. The SMILES string of the molecule is CCN(CC)S(=O)(=O)c1ccc(OC)c(C(=O)Nc2ccc3c(c2)OCCO3)c1. The lowest BCUT2D eigenvalue weighted by atomic mass is 10.1. The summed E-state index contributed by atoms with van der Waals surface area (Å²) in [6.07, 6.45) is 0. The number of sulfonamides is 1. The molecule has 1 amide bonds. The lowest BCUT2D eigenvalue weighted by Gasteiger charge is -2.20. The zero-order chi connectivity index (χ0) is 21.0. The molecule has 8 nitrogen and oxygen atoms in total. The minimum absolute atomic E-state index is 0.0364. The van der Waals surface area contributed by atoms with E-state index in [0.717, 1.165) is 0 Å². The van der Waals surface area contributed by atoms with Gasteiger partial charge in [0.05, 0.1) is 17.6 Å². The number of hydrogen-bond acceptors (Lipinski definition) is 6. The maximum Gasteiger partial charge on any atom is 0.259 e. The number of ether oxygens (including phenoxy) is 3.